The maximum absolute atomic E-state index is 13.0. The number of aromatic nitrogens is 4. The number of rotatable bonds is 6. The van der Waals surface area contributed by atoms with Crippen molar-refractivity contribution in [1.29, 1.82) is 0 Å². The number of hydrogen-bond acceptors (Lipinski definition) is 6. The summed E-state index contributed by atoms with van der Waals surface area (Å²) in [6, 6.07) is 0. The summed E-state index contributed by atoms with van der Waals surface area (Å²) in [4.78, 5) is 28.7. The highest BCUT2D eigenvalue weighted by molar-refractivity contribution is 5.79. The highest BCUT2D eigenvalue weighted by Crippen LogP contribution is 2.25. The van der Waals surface area contributed by atoms with Gasteiger partial charge < -0.3 is 14.7 Å². The van der Waals surface area contributed by atoms with Crippen LogP contribution >= 0.6 is 0 Å². The maximum Gasteiger partial charge on any atom is 0.225 e. The third-order valence-corrected chi connectivity index (χ3v) is 6.76. The Balaban J connectivity index is 1.29. The molecule has 168 valence electrons. The van der Waals surface area contributed by atoms with E-state index < -0.39 is 0 Å². The third kappa shape index (κ3) is 4.83. The lowest BCUT2D eigenvalue weighted by molar-refractivity contribution is -0.135. The monoisotopic (exact) mass is 425 g/mol. The fourth-order valence-corrected chi connectivity index (χ4v) is 4.72. The smallest absolute Gasteiger partial charge is 0.225 e. The maximum atomic E-state index is 13.0. The first-order chi connectivity index (χ1) is 15.1. The van der Waals surface area contributed by atoms with E-state index in [2.05, 4.69) is 38.7 Å². The molecule has 0 spiro atoms. The van der Waals surface area contributed by atoms with Gasteiger partial charge in [0, 0.05) is 63.5 Å². The van der Waals surface area contributed by atoms with Crippen LogP contribution in [-0.4, -0.2) is 63.8 Å². The highest BCUT2D eigenvalue weighted by Gasteiger charge is 2.28. The number of aryl methyl sites for hydroxylation is 1. The van der Waals surface area contributed by atoms with Gasteiger partial charge in [-0.2, -0.15) is 5.10 Å². The summed E-state index contributed by atoms with van der Waals surface area (Å²) in [6.45, 7) is 9.46. The van der Waals surface area contributed by atoms with Gasteiger partial charge in [-0.3, -0.25) is 9.48 Å². The molecule has 0 N–H and O–H groups in total. The molecule has 2 aromatic heterocycles. The summed E-state index contributed by atoms with van der Waals surface area (Å²) in [5, 5.41) is 4.40. The summed E-state index contributed by atoms with van der Waals surface area (Å²) >= 11 is 0. The molecule has 0 aromatic carbocycles. The van der Waals surface area contributed by atoms with Crippen molar-refractivity contribution in [2.24, 2.45) is 5.92 Å². The molecule has 0 aliphatic carbocycles. The molecule has 8 nitrogen and oxygen atoms in total. The molecule has 0 radical (unpaired) electrons. The number of carbonyl (C=O) groups excluding carboxylic acids is 1. The van der Waals surface area contributed by atoms with Crippen LogP contribution in [0.15, 0.2) is 18.6 Å². The first-order valence-electron chi connectivity index (χ1n) is 11.6. The molecule has 0 saturated carbocycles. The summed E-state index contributed by atoms with van der Waals surface area (Å²) in [6.07, 6.45) is 11.3. The van der Waals surface area contributed by atoms with Crippen molar-refractivity contribution in [3.05, 3.63) is 29.8 Å². The van der Waals surface area contributed by atoms with Gasteiger partial charge in [0.15, 0.2) is 0 Å². The van der Waals surface area contributed by atoms with E-state index in [4.69, 9.17) is 0 Å². The van der Waals surface area contributed by atoms with E-state index in [0.29, 0.717) is 6.54 Å². The van der Waals surface area contributed by atoms with Crippen LogP contribution in [0.3, 0.4) is 0 Å². The molecule has 2 aliphatic heterocycles. The summed E-state index contributed by atoms with van der Waals surface area (Å²) in [7, 11) is 1.91. The lowest BCUT2D eigenvalue weighted by Crippen LogP contribution is -2.41. The van der Waals surface area contributed by atoms with Crippen molar-refractivity contribution in [2.75, 3.05) is 43.0 Å². The minimum atomic E-state index is 0.0799. The molecule has 0 atom stereocenters. The van der Waals surface area contributed by atoms with Crippen LogP contribution < -0.4 is 9.80 Å². The van der Waals surface area contributed by atoms with Crippen LogP contribution in [0.1, 0.15) is 50.3 Å². The number of hydrogen-bond donors (Lipinski definition) is 0. The van der Waals surface area contributed by atoms with Gasteiger partial charge in [0.25, 0.3) is 0 Å². The average Bonchev–Trinajstić information content (AvgIpc) is 3.18. The first-order valence-corrected chi connectivity index (χ1v) is 11.6. The Morgan fingerprint density at radius 1 is 1.03 bits per heavy atom. The summed E-state index contributed by atoms with van der Waals surface area (Å²) in [5.41, 5.74) is 3.33. The van der Waals surface area contributed by atoms with E-state index in [1.807, 2.05) is 35.2 Å². The molecule has 2 fully saturated rings. The number of nitrogens with zero attached hydrogens (tertiary/aromatic N) is 7. The zero-order chi connectivity index (χ0) is 21.8. The second-order valence-electron chi connectivity index (χ2n) is 8.82. The predicted molar refractivity (Wildman–Crippen MR) is 122 cm³/mol. The fraction of sp³-hybridized carbons (Fsp3) is 0.652. The first kappa shape index (κ1) is 21.6. The van der Waals surface area contributed by atoms with Gasteiger partial charge in [0.1, 0.15) is 0 Å². The molecule has 2 aliphatic rings. The largest absolute Gasteiger partial charge is 0.369 e. The Morgan fingerprint density at radius 3 is 2.32 bits per heavy atom. The second-order valence-corrected chi connectivity index (χ2v) is 8.82. The van der Waals surface area contributed by atoms with E-state index in [1.54, 1.807) is 0 Å². The van der Waals surface area contributed by atoms with Gasteiger partial charge >= 0.3 is 0 Å². The molecule has 31 heavy (non-hydrogen) atoms. The van der Waals surface area contributed by atoms with Gasteiger partial charge in [0.05, 0.1) is 24.3 Å². The van der Waals surface area contributed by atoms with Crippen LogP contribution in [0.2, 0.25) is 0 Å². The van der Waals surface area contributed by atoms with Gasteiger partial charge in [-0.25, -0.2) is 9.97 Å². The Kier molecular flexibility index (Phi) is 6.73. The molecule has 2 saturated heterocycles. The number of carbonyl (C=O) groups is 1. The van der Waals surface area contributed by atoms with Crippen LogP contribution in [0.5, 0.6) is 0 Å². The number of amides is 1. The Labute approximate surface area is 185 Å². The molecule has 0 unspecified atom stereocenters. The molecule has 4 rings (SSSR count). The third-order valence-electron chi connectivity index (χ3n) is 6.76. The zero-order valence-corrected chi connectivity index (χ0v) is 19.1. The van der Waals surface area contributed by atoms with Gasteiger partial charge in [-0.05, 0) is 46.0 Å². The quantitative estimate of drug-likeness (QED) is 0.709. The number of piperidine rings is 2. The van der Waals surface area contributed by atoms with Crippen molar-refractivity contribution in [3.8, 4) is 0 Å². The van der Waals surface area contributed by atoms with Gasteiger partial charge in [0.2, 0.25) is 11.9 Å². The molecular weight excluding hydrogens is 390 g/mol. The van der Waals surface area contributed by atoms with Crippen molar-refractivity contribution < 1.29 is 4.79 Å². The van der Waals surface area contributed by atoms with E-state index >= 15 is 0 Å². The van der Waals surface area contributed by atoms with Crippen molar-refractivity contribution in [3.63, 3.8) is 0 Å². The second kappa shape index (κ2) is 9.66. The molecule has 8 heteroatoms. The molecule has 1 amide bonds. The van der Waals surface area contributed by atoms with Crippen LogP contribution in [0.25, 0.3) is 0 Å². The molecule has 2 aromatic rings. The Bertz CT molecular complexity index is 865. The fourth-order valence-electron chi connectivity index (χ4n) is 4.72. The lowest BCUT2D eigenvalue weighted by atomic mass is 9.95. The van der Waals surface area contributed by atoms with Gasteiger partial charge in [-0.1, -0.05) is 0 Å². The summed E-state index contributed by atoms with van der Waals surface area (Å²) in [5.74, 6) is 1.16. The average molecular weight is 426 g/mol. The standard InChI is InChI=1S/C23H35N7O/c1-4-30-18(2)20(14-26-30)17-27(3)22(31)19-8-12-28(13-9-19)21-15-24-23(25-16-21)29-10-6-5-7-11-29/h14-16,19H,4-13,17H2,1-3H3. The lowest BCUT2D eigenvalue weighted by Gasteiger charge is -2.34. The SMILES string of the molecule is CCn1ncc(CN(C)C(=O)C2CCN(c3cnc(N4CCCCC4)nc3)CC2)c1C. The van der Waals surface area contributed by atoms with E-state index in [-0.39, 0.29) is 11.8 Å². The Morgan fingerprint density at radius 2 is 1.71 bits per heavy atom. The predicted octanol–water partition coefficient (Wildman–Crippen LogP) is 2.87. The van der Waals surface area contributed by atoms with Crippen LogP contribution in [0.4, 0.5) is 11.6 Å². The van der Waals surface area contributed by atoms with Crippen LogP contribution in [-0.2, 0) is 17.9 Å². The molecule has 4 heterocycles. The minimum absolute atomic E-state index is 0.0799. The minimum Gasteiger partial charge on any atom is -0.369 e. The zero-order valence-electron chi connectivity index (χ0n) is 19.1. The van der Waals surface area contributed by atoms with Gasteiger partial charge in [-0.15, -0.1) is 0 Å². The summed E-state index contributed by atoms with van der Waals surface area (Å²) < 4.78 is 1.98. The van der Waals surface area contributed by atoms with Crippen LogP contribution in [0, 0.1) is 12.8 Å². The highest BCUT2D eigenvalue weighted by atomic mass is 16.2. The van der Waals surface area contributed by atoms with Crippen molar-refractivity contribution in [2.45, 2.75) is 59.0 Å². The Hall–Kier alpha value is -2.64. The number of anilines is 2. The van der Waals surface area contributed by atoms with Crippen molar-refractivity contribution in [1.82, 2.24) is 24.6 Å². The topological polar surface area (TPSA) is 70.4 Å². The normalized spacial score (nSPS) is 17.8. The molecule has 0 bridgehead atoms. The van der Waals surface area contributed by atoms with Crippen molar-refractivity contribution >= 4 is 17.5 Å². The molecular formula is C23H35N7O. The van der Waals surface area contributed by atoms with E-state index in [0.717, 1.165) is 68.5 Å². The van der Waals surface area contributed by atoms with E-state index in [9.17, 15) is 4.79 Å². The van der Waals surface area contributed by atoms with E-state index in [1.165, 1.54) is 19.3 Å².